The monoisotopic (exact) mass is 288 g/mol. The molecule has 0 fully saturated rings. The second-order valence-corrected chi connectivity index (χ2v) is 4.09. The number of hydrogen-bond acceptors (Lipinski definition) is 4. The molecule has 0 atom stereocenters. The van der Waals surface area contributed by atoms with Gasteiger partial charge in [-0.25, -0.2) is 9.59 Å². The van der Waals surface area contributed by atoms with E-state index >= 15 is 0 Å². The number of pyridine rings is 1. The first-order valence-electron chi connectivity index (χ1n) is 6.00. The van der Waals surface area contributed by atoms with Gasteiger partial charge >= 0.3 is 12.1 Å². The highest BCUT2D eigenvalue weighted by molar-refractivity contribution is 5.98. The number of rotatable bonds is 4. The summed E-state index contributed by atoms with van der Waals surface area (Å²) in [6.07, 6.45) is 0.282. The minimum Gasteiger partial charge on any atom is -0.478 e. The summed E-state index contributed by atoms with van der Waals surface area (Å²) in [4.78, 5) is 36.5. The van der Waals surface area contributed by atoms with Crippen molar-refractivity contribution >= 4 is 17.7 Å². The molecule has 0 radical (unpaired) electrons. The van der Waals surface area contributed by atoms with Gasteiger partial charge in [0.1, 0.15) is 12.3 Å². The Morgan fingerprint density at radius 1 is 1.19 bits per heavy atom. The lowest BCUT2D eigenvalue weighted by atomic mass is 10.2. The van der Waals surface area contributed by atoms with Crippen molar-refractivity contribution in [3.8, 4) is 0 Å². The number of ether oxygens (including phenoxy) is 1. The smallest absolute Gasteiger partial charge is 0.412 e. The molecule has 7 heteroatoms. The molecule has 21 heavy (non-hydrogen) atoms. The van der Waals surface area contributed by atoms with E-state index in [1.807, 2.05) is 6.07 Å². The average Bonchev–Trinajstić information content (AvgIpc) is 2.48. The van der Waals surface area contributed by atoms with Gasteiger partial charge in [-0.3, -0.25) is 10.1 Å². The molecule has 1 amide bonds. The molecular formula is C14H12N2O5. The third-order valence-corrected chi connectivity index (χ3v) is 2.63. The molecule has 0 aliphatic heterocycles. The van der Waals surface area contributed by atoms with Crippen molar-refractivity contribution in [3.63, 3.8) is 0 Å². The van der Waals surface area contributed by atoms with E-state index in [4.69, 9.17) is 9.84 Å². The van der Waals surface area contributed by atoms with Crippen LogP contribution in [-0.4, -0.2) is 22.2 Å². The Kier molecular flexibility index (Phi) is 4.35. The van der Waals surface area contributed by atoms with E-state index in [1.165, 1.54) is 12.3 Å². The fourth-order valence-corrected chi connectivity index (χ4v) is 1.64. The molecule has 2 rings (SSSR count). The van der Waals surface area contributed by atoms with Gasteiger partial charge in [-0.1, -0.05) is 30.3 Å². The Balaban J connectivity index is 2.07. The number of carbonyl (C=O) groups excluding carboxylic acids is 1. The number of carbonyl (C=O) groups is 2. The molecular weight excluding hydrogens is 276 g/mol. The zero-order valence-electron chi connectivity index (χ0n) is 10.8. The van der Waals surface area contributed by atoms with Gasteiger partial charge in [0, 0.05) is 6.20 Å². The van der Waals surface area contributed by atoms with Crippen LogP contribution in [0.1, 0.15) is 15.9 Å². The Morgan fingerprint density at radius 3 is 2.57 bits per heavy atom. The number of amides is 1. The molecule has 0 bridgehead atoms. The van der Waals surface area contributed by atoms with Crippen LogP contribution < -0.4 is 10.9 Å². The highest BCUT2D eigenvalue weighted by Crippen LogP contribution is 2.09. The SMILES string of the molecule is O=C(Nc1c(C(=O)O)cc[nH]c1=O)OCc1ccccc1. The molecule has 7 nitrogen and oxygen atoms in total. The van der Waals surface area contributed by atoms with Crippen molar-refractivity contribution in [2.45, 2.75) is 6.61 Å². The van der Waals surface area contributed by atoms with Crippen molar-refractivity contribution in [1.29, 1.82) is 0 Å². The fraction of sp³-hybridized carbons (Fsp3) is 0.0714. The number of hydrogen-bond donors (Lipinski definition) is 3. The maximum absolute atomic E-state index is 11.6. The highest BCUT2D eigenvalue weighted by atomic mass is 16.5. The summed E-state index contributed by atoms with van der Waals surface area (Å²) >= 11 is 0. The molecule has 0 spiro atoms. The molecule has 108 valence electrons. The summed E-state index contributed by atoms with van der Waals surface area (Å²) in [7, 11) is 0. The van der Waals surface area contributed by atoms with Crippen LogP contribution in [0.3, 0.4) is 0 Å². The number of benzene rings is 1. The second-order valence-electron chi connectivity index (χ2n) is 4.09. The molecule has 0 saturated heterocycles. The quantitative estimate of drug-likeness (QED) is 0.795. The van der Waals surface area contributed by atoms with Gasteiger partial charge in [-0.05, 0) is 11.6 Å². The number of H-pyrrole nitrogens is 1. The predicted octanol–water partition coefficient (Wildman–Crippen LogP) is 1.82. The van der Waals surface area contributed by atoms with Gasteiger partial charge in [-0.15, -0.1) is 0 Å². The topological polar surface area (TPSA) is 108 Å². The summed E-state index contributed by atoms with van der Waals surface area (Å²) in [5, 5.41) is 11.1. The summed E-state index contributed by atoms with van der Waals surface area (Å²) < 4.78 is 4.93. The fourth-order valence-electron chi connectivity index (χ4n) is 1.64. The molecule has 1 aromatic carbocycles. The number of nitrogens with one attached hydrogen (secondary N) is 2. The van der Waals surface area contributed by atoms with E-state index in [2.05, 4.69) is 10.3 Å². The summed E-state index contributed by atoms with van der Waals surface area (Å²) in [5.41, 5.74) is -0.613. The number of aromatic carboxylic acids is 1. The Hall–Kier alpha value is -3.09. The minimum absolute atomic E-state index is 0.0137. The molecule has 2 aromatic rings. The van der Waals surface area contributed by atoms with Crippen LogP contribution in [0.4, 0.5) is 10.5 Å². The summed E-state index contributed by atoms with van der Waals surface area (Å²) in [6, 6.07) is 10.1. The van der Waals surface area contributed by atoms with Crippen LogP contribution in [0.25, 0.3) is 0 Å². The van der Waals surface area contributed by atoms with Crippen LogP contribution >= 0.6 is 0 Å². The lowest BCUT2D eigenvalue weighted by Crippen LogP contribution is -2.23. The zero-order chi connectivity index (χ0) is 15.2. The van der Waals surface area contributed by atoms with E-state index in [0.717, 1.165) is 5.56 Å². The first-order valence-corrected chi connectivity index (χ1v) is 6.00. The van der Waals surface area contributed by atoms with Gasteiger partial charge in [0.25, 0.3) is 5.56 Å². The second kappa shape index (κ2) is 6.38. The lowest BCUT2D eigenvalue weighted by molar-refractivity contribution is 0.0697. The molecule has 0 saturated carbocycles. The largest absolute Gasteiger partial charge is 0.478 e. The summed E-state index contributed by atoms with van der Waals surface area (Å²) in [6.45, 7) is 0.0137. The maximum atomic E-state index is 11.6. The summed E-state index contributed by atoms with van der Waals surface area (Å²) in [5.74, 6) is -1.32. The van der Waals surface area contributed by atoms with E-state index in [0.29, 0.717) is 0 Å². The molecule has 1 heterocycles. The number of aromatic amines is 1. The average molecular weight is 288 g/mol. The predicted molar refractivity (Wildman–Crippen MR) is 74.3 cm³/mol. The Bertz CT molecular complexity index is 709. The van der Waals surface area contributed by atoms with Gasteiger partial charge in [0.15, 0.2) is 0 Å². The van der Waals surface area contributed by atoms with Crippen LogP contribution in [0.15, 0.2) is 47.4 Å². The normalized spacial score (nSPS) is 9.90. The van der Waals surface area contributed by atoms with Crippen LogP contribution in [0, 0.1) is 0 Å². The standard InChI is InChI=1S/C14H12N2O5/c17-12-11(10(13(18)19)6-7-15-12)16-14(20)21-8-9-4-2-1-3-5-9/h1-7H,8H2,(H,15,17)(H,16,20)(H,18,19). The number of carboxylic acid groups (broad SMARTS) is 1. The third kappa shape index (κ3) is 3.69. The van der Waals surface area contributed by atoms with Gasteiger partial charge in [-0.2, -0.15) is 0 Å². The van der Waals surface area contributed by atoms with Crippen molar-refractivity contribution in [3.05, 3.63) is 64.1 Å². The molecule has 0 aliphatic rings. The van der Waals surface area contributed by atoms with Crippen molar-refractivity contribution in [2.24, 2.45) is 0 Å². The molecule has 0 aliphatic carbocycles. The molecule has 3 N–H and O–H groups in total. The first kappa shape index (κ1) is 14.3. The number of carboxylic acids is 1. The minimum atomic E-state index is -1.32. The van der Waals surface area contributed by atoms with E-state index < -0.39 is 17.6 Å². The molecule has 0 unspecified atom stereocenters. The highest BCUT2D eigenvalue weighted by Gasteiger charge is 2.16. The zero-order valence-corrected chi connectivity index (χ0v) is 10.8. The van der Waals surface area contributed by atoms with Crippen LogP contribution in [0.2, 0.25) is 0 Å². The van der Waals surface area contributed by atoms with E-state index in [9.17, 15) is 14.4 Å². The van der Waals surface area contributed by atoms with Gasteiger partial charge < -0.3 is 14.8 Å². The third-order valence-electron chi connectivity index (χ3n) is 2.63. The molecule has 1 aromatic heterocycles. The van der Waals surface area contributed by atoms with Crippen molar-refractivity contribution in [1.82, 2.24) is 4.98 Å². The van der Waals surface area contributed by atoms with Gasteiger partial charge in [0.05, 0.1) is 5.56 Å². The van der Waals surface area contributed by atoms with Crippen LogP contribution in [0.5, 0.6) is 0 Å². The van der Waals surface area contributed by atoms with E-state index in [1.54, 1.807) is 24.3 Å². The maximum Gasteiger partial charge on any atom is 0.412 e. The van der Waals surface area contributed by atoms with Crippen LogP contribution in [-0.2, 0) is 11.3 Å². The first-order chi connectivity index (χ1) is 10.1. The van der Waals surface area contributed by atoms with Crippen molar-refractivity contribution < 1.29 is 19.4 Å². The van der Waals surface area contributed by atoms with Crippen molar-refractivity contribution in [2.75, 3.05) is 5.32 Å². The number of anilines is 1. The Labute approximate surface area is 119 Å². The number of aromatic nitrogens is 1. The lowest BCUT2D eigenvalue weighted by Gasteiger charge is -2.08. The van der Waals surface area contributed by atoms with E-state index in [-0.39, 0.29) is 17.9 Å². The van der Waals surface area contributed by atoms with Gasteiger partial charge in [0.2, 0.25) is 0 Å². The Morgan fingerprint density at radius 2 is 1.90 bits per heavy atom.